The van der Waals surface area contributed by atoms with Crippen LogP contribution in [0.4, 0.5) is 0 Å². The first kappa shape index (κ1) is 116. The fourth-order valence-corrected chi connectivity index (χ4v) is 18.4. The Labute approximate surface area is 796 Å². The smallest absolute Gasteiger partial charge is 0.463 e. The molecule has 0 aromatic heterocycles. The number of ether oxygens (including phenoxy) is 14. The highest BCUT2D eigenvalue weighted by molar-refractivity contribution is 7.48. The molecule has 4 amide bonds. The molecule has 0 aromatic carbocycles. The zero-order valence-corrected chi connectivity index (χ0v) is 83.4. The number of rotatable bonds is 71. The maximum atomic E-state index is 14.9. The van der Waals surface area contributed by atoms with Gasteiger partial charge in [-0.05, 0) is 126 Å². The summed E-state index contributed by atoms with van der Waals surface area (Å²) >= 11 is 0. The summed E-state index contributed by atoms with van der Waals surface area (Å²) in [5.74, 6) is -2.86. The second-order valence-corrected chi connectivity index (χ2v) is 39.0. The van der Waals surface area contributed by atoms with Crippen molar-refractivity contribution < 1.29 is 148 Å². The third kappa shape index (κ3) is 45.9. The molecule has 37 heteroatoms. The number of unbranched alkanes of at least 4 members (excludes halogenated alkanes) is 8. The Morgan fingerprint density at radius 1 is 0.448 bits per heavy atom. The van der Waals surface area contributed by atoms with E-state index in [2.05, 4.69) is 78.3 Å². The van der Waals surface area contributed by atoms with Gasteiger partial charge in [0.25, 0.3) is 0 Å². The van der Waals surface area contributed by atoms with Gasteiger partial charge in [0.05, 0.1) is 121 Å². The third-order valence-corrected chi connectivity index (χ3v) is 28.0. The number of nitrogens with one attached hydrogen (secondary N) is 3. The second kappa shape index (κ2) is 64.5. The molecule has 0 spiro atoms. The molecule has 5 rings (SSSR count). The number of ketones is 5. The van der Waals surface area contributed by atoms with Gasteiger partial charge in [-0.1, -0.05) is 75.2 Å². The normalized spacial score (nSPS) is 26.7. The van der Waals surface area contributed by atoms with Crippen LogP contribution in [0.5, 0.6) is 0 Å². The SMILES string of the molecule is [2H]C[C@H]1O[C@@H](C)C[C@@H]1OP(=O)(OCCC#N)OC[C@@H]1C[C@@H](OC(=O)CCC(=O)NC)CN1C(=O)CC(=O)NC(COCCC(=O)CCCCCC(=O)CCCCO[C@@H]1OC(COC(C)=O)[C@H](C)[C@H](C)C1C)(COCCC(=O)CCCCCC(=O)CCCCO[C@@H]1OC(COC(C)=O)[C@H](C)[C@H](C)C1C)COCCC(=O)NCCCCC(=O)CCCCO[C@@H]1OC(COC(C)=O)[C@H](C)[C@H](C)C1C. The van der Waals surface area contributed by atoms with Crippen molar-refractivity contribution in [2.24, 2.45) is 53.3 Å². The van der Waals surface area contributed by atoms with Crippen molar-refractivity contribution in [3.8, 4) is 6.07 Å². The van der Waals surface area contributed by atoms with Gasteiger partial charge in [-0.3, -0.25) is 75.9 Å². The first-order chi connectivity index (χ1) is 64.4. The zero-order chi connectivity index (χ0) is 99.4. The van der Waals surface area contributed by atoms with E-state index in [1.165, 1.54) is 32.7 Å². The number of likely N-dealkylation sites (tertiary alicyclic amines) is 1. The van der Waals surface area contributed by atoms with Crippen molar-refractivity contribution >= 4 is 84.2 Å². The summed E-state index contributed by atoms with van der Waals surface area (Å²) in [4.78, 5) is 170. The number of nitriles is 1. The van der Waals surface area contributed by atoms with Crippen molar-refractivity contribution in [1.29, 1.82) is 5.26 Å². The number of Topliss-reactive ketones (excluding diaryl/α,β-unsaturated/α-hetero) is 5. The minimum Gasteiger partial charge on any atom is -0.463 e. The molecule has 5 fully saturated rings. The topological polar surface area (TPSA) is 459 Å². The Morgan fingerprint density at radius 2 is 0.858 bits per heavy atom. The monoisotopic (exact) mass is 1930 g/mol. The molecule has 5 aliphatic heterocycles. The standard InChI is InChI=1S/C97H162N5O31P/c1-64-53-85(74(11)128-64)133-134(116,126-49-30-44-98)127-57-78-54-84(129-93(115)40-39-89(111)99-15)56-102(78)92(114)55-91(113)101-97(61-117-50-41-82(109)33-20-16-18-31-79(106)36-23-27-46-120-94-71(8)65(2)68(5)86(130-94)58-123-75(12)103,62-118-51-42-83(110)34-21-17-19-32-80(107)37-24-28-47-121-95-72(9)66(3)69(6)87(131-95)59-124-76(13)104)63-119-52-43-90(112)100-45-26-22-35-81(108)38-25-29-48-122-96-73(10)67(4)70(7)88(132-96)60-125-77(14)105/h64-74,78,84-88,94-96H,16-43,45-63H2,1-15H3,(H,99,111)(H,100,112)(H,101,113)/t64-,65-,66-,67-,68+,69+,70+,71?,72?,73?,74+,78-,84+,85-,86?,87?,88?,94+,95+,96+,97?,134?/m0/s1/i11D. The Bertz CT molecular complexity index is 3460. The summed E-state index contributed by atoms with van der Waals surface area (Å²) in [7, 11) is -3.21. The molecule has 7 unspecified atom stereocenters. The van der Waals surface area contributed by atoms with Crippen molar-refractivity contribution in [2.45, 2.75) is 369 Å². The molecule has 36 nitrogen and oxygen atoms in total. The van der Waals surface area contributed by atoms with Crippen LogP contribution in [0, 0.1) is 64.6 Å². The Balaban J connectivity index is 1.26. The third-order valence-electron chi connectivity index (χ3n) is 26.5. The highest BCUT2D eigenvalue weighted by atomic mass is 31.2. The molecule has 0 aliphatic carbocycles. The average molecular weight is 1930 g/mol. The molecular weight excluding hydrogens is 1760 g/mol. The summed E-state index contributed by atoms with van der Waals surface area (Å²) in [6.45, 7) is 23.3. The molecule has 0 radical (unpaired) electrons. The number of carbonyl (C=O) groups excluding carboxylic acids is 13. The largest absolute Gasteiger partial charge is 0.475 e. The number of nitrogens with zero attached hydrogens (tertiary/aromatic N) is 2. The predicted octanol–water partition coefficient (Wildman–Crippen LogP) is 12.3. The van der Waals surface area contributed by atoms with Crippen LogP contribution < -0.4 is 16.0 Å². The molecule has 5 saturated heterocycles. The van der Waals surface area contributed by atoms with Crippen LogP contribution >= 0.6 is 7.82 Å². The van der Waals surface area contributed by atoms with E-state index in [9.17, 15) is 72.2 Å². The minimum atomic E-state index is -4.62. The van der Waals surface area contributed by atoms with Gasteiger partial charge in [-0.25, -0.2) is 4.57 Å². The van der Waals surface area contributed by atoms with Crippen LogP contribution in [0.15, 0.2) is 0 Å². The molecular formula is C97H162N5O31P. The summed E-state index contributed by atoms with van der Waals surface area (Å²) < 4.78 is 123. The molecule has 134 heavy (non-hydrogen) atoms. The molecule has 5 heterocycles. The lowest BCUT2D eigenvalue weighted by Crippen LogP contribution is -2.59. The van der Waals surface area contributed by atoms with E-state index in [1.807, 2.05) is 6.07 Å². The molecule has 5 aliphatic rings. The van der Waals surface area contributed by atoms with E-state index in [-0.39, 0.29) is 261 Å². The van der Waals surface area contributed by atoms with Crippen LogP contribution in [-0.4, -0.2) is 267 Å². The van der Waals surface area contributed by atoms with Crippen LogP contribution in [0.1, 0.15) is 297 Å². The summed E-state index contributed by atoms with van der Waals surface area (Å²) in [6, 6.07) is 0.834. The summed E-state index contributed by atoms with van der Waals surface area (Å²) in [6.07, 6.45) is 3.44. The Morgan fingerprint density at radius 3 is 1.27 bits per heavy atom. The quantitative estimate of drug-likeness (QED) is 0.0167. The van der Waals surface area contributed by atoms with Crippen LogP contribution in [0.25, 0.3) is 0 Å². The lowest BCUT2D eigenvalue weighted by molar-refractivity contribution is -0.255. The maximum Gasteiger partial charge on any atom is 0.475 e. The Hall–Kier alpha value is -6.69. The first-order valence-corrected chi connectivity index (χ1v) is 50.5. The highest BCUT2D eigenvalue weighted by Gasteiger charge is 2.47. The van der Waals surface area contributed by atoms with Gasteiger partial charge in [0.1, 0.15) is 66.8 Å². The van der Waals surface area contributed by atoms with Gasteiger partial charge in [-0.2, -0.15) is 5.26 Å². The molecule has 3 N–H and O–H groups in total. The van der Waals surface area contributed by atoms with Gasteiger partial charge < -0.3 is 87.2 Å². The van der Waals surface area contributed by atoms with E-state index >= 15 is 0 Å². The number of hydrogen-bond acceptors (Lipinski definition) is 32. The second-order valence-electron chi connectivity index (χ2n) is 37.4. The number of hydrogen-bond donors (Lipinski definition) is 3. The summed E-state index contributed by atoms with van der Waals surface area (Å²) in [5.41, 5.74) is -1.71. The maximum absolute atomic E-state index is 14.9. The Kier molecular flexibility index (Phi) is 55.9. The molecule has 21 atom stereocenters. The van der Waals surface area contributed by atoms with E-state index in [0.29, 0.717) is 148 Å². The highest BCUT2D eigenvalue weighted by Crippen LogP contribution is 2.53. The zero-order valence-electron chi connectivity index (χ0n) is 83.5. The molecule has 0 bridgehead atoms. The predicted molar refractivity (Wildman–Crippen MR) is 490 cm³/mol. The average Bonchev–Trinajstić information content (AvgIpc) is 1.75. The molecule has 0 saturated carbocycles. The fourth-order valence-electron chi connectivity index (χ4n) is 16.9. The first-order valence-electron chi connectivity index (χ1n) is 49.8. The van der Waals surface area contributed by atoms with E-state index in [4.69, 9.17) is 81.3 Å². The fraction of sp³-hybridized carbons (Fsp3) is 0.856. The van der Waals surface area contributed by atoms with Crippen molar-refractivity contribution in [1.82, 2.24) is 20.9 Å². The van der Waals surface area contributed by atoms with E-state index in [1.54, 1.807) is 6.92 Å². The minimum absolute atomic E-state index is 0.0606. The van der Waals surface area contributed by atoms with Crippen LogP contribution in [0.2, 0.25) is 0 Å². The van der Waals surface area contributed by atoms with Crippen molar-refractivity contribution in [3.05, 3.63) is 0 Å². The van der Waals surface area contributed by atoms with Gasteiger partial charge in [0.15, 0.2) is 18.9 Å². The van der Waals surface area contributed by atoms with Crippen LogP contribution in [0.3, 0.4) is 0 Å². The number of esters is 4. The van der Waals surface area contributed by atoms with Gasteiger partial charge in [0.2, 0.25) is 23.6 Å². The number of amides is 4. The van der Waals surface area contributed by atoms with Crippen LogP contribution in [-0.2, 0) is 147 Å². The lowest BCUT2D eigenvalue weighted by Gasteiger charge is -2.43. The summed E-state index contributed by atoms with van der Waals surface area (Å²) in [5, 5.41) is 17.6. The van der Waals surface area contributed by atoms with Gasteiger partial charge in [0, 0.05) is 163 Å². The number of phosphoric acid groups is 1. The van der Waals surface area contributed by atoms with Gasteiger partial charge >= 0.3 is 31.7 Å². The van der Waals surface area contributed by atoms with Crippen molar-refractivity contribution in [2.75, 3.05) is 113 Å². The molecule has 766 valence electrons. The number of carbonyl (C=O) groups is 13. The van der Waals surface area contributed by atoms with E-state index in [0.717, 1.165) is 0 Å². The number of phosphoric ester groups is 1. The van der Waals surface area contributed by atoms with Gasteiger partial charge in [-0.15, -0.1) is 0 Å². The lowest BCUT2D eigenvalue weighted by atomic mass is 9.79. The van der Waals surface area contributed by atoms with Crippen molar-refractivity contribution in [3.63, 3.8) is 0 Å². The van der Waals surface area contributed by atoms with E-state index < -0.39 is 113 Å². The molecule has 0 aromatic rings.